The first-order chi connectivity index (χ1) is 12.1. The predicted octanol–water partition coefficient (Wildman–Crippen LogP) is 4.09. The highest BCUT2D eigenvalue weighted by Gasteiger charge is 2.16. The number of hydrogen-bond acceptors (Lipinski definition) is 3. The Kier molecular flexibility index (Phi) is 6.52. The van der Waals surface area contributed by atoms with Gasteiger partial charge in [-0.2, -0.15) is 0 Å². The minimum Gasteiger partial charge on any atom is -0.331 e. The summed E-state index contributed by atoms with van der Waals surface area (Å²) in [6.07, 6.45) is 0. The fourth-order valence-corrected chi connectivity index (χ4v) is 3.63. The van der Waals surface area contributed by atoms with Gasteiger partial charge in [-0.1, -0.05) is 35.3 Å². The Morgan fingerprint density at radius 1 is 1.12 bits per heavy atom. The topological polar surface area (TPSA) is 87.3 Å². The highest BCUT2D eigenvalue weighted by Crippen LogP contribution is 2.26. The normalized spacial score (nSPS) is 12.5. The first kappa shape index (κ1) is 20.5. The number of anilines is 1. The van der Waals surface area contributed by atoms with Crippen LogP contribution in [0.5, 0.6) is 0 Å². The van der Waals surface area contributed by atoms with E-state index in [1.54, 1.807) is 38.1 Å². The second-order valence-corrected chi connectivity index (χ2v) is 8.40. The third kappa shape index (κ3) is 4.88. The number of sulfonamides is 1. The van der Waals surface area contributed by atoms with Gasteiger partial charge in [0.25, 0.3) is 0 Å². The maximum absolute atomic E-state index is 12.3. The number of carbonyl (C=O) groups is 1. The van der Waals surface area contributed by atoms with Crippen LogP contribution in [0.1, 0.15) is 24.1 Å². The minimum absolute atomic E-state index is 0.0645. The molecule has 0 saturated heterocycles. The van der Waals surface area contributed by atoms with Crippen molar-refractivity contribution in [1.82, 2.24) is 10.0 Å². The van der Waals surface area contributed by atoms with Crippen LogP contribution in [-0.4, -0.2) is 21.5 Å². The number of rotatable bonds is 5. The first-order valence-corrected chi connectivity index (χ1v) is 9.94. The molecule has 140 valence electrons. The molecule has 1 atom stereocenters. The zero-order valence-electron chi connectivity index (χ0n) is 14.4. The molecule has 0 spiro atoms. The van der Waals surface area contributed by atoms with Crippen LogP contribution >= 0.6 is 23.2 Å². The van der Waals surface area contributed by atoms with Gasteiger partial charge in [0.05, 0.1) is 10.9 Å². The van der Waals surface area contributed by atoms with E-state index in [0.29, 0.717) is 15.7 Å². The van der Waals surface area contributed by atoms with Gasteiger partial charge in [0.2, 0.25) is 10.0 Å². The summed E-state index contributed by atoms with van der Waals surface area (Å²) < 4.78 is 26.1. The number of hydrogen-bond donors (Lipinski definition) is 3. The monoisotopic (exact) mass is 415 g/mol. The van der Waals surface area contributed by atoms with Gasteiger partial charge in [-0.15, -0.1) is 0 Å². The summed E-state index contributed by atoms with van der Waals surface area (Å²) in [5.74, 6) is 0. The molecular weight excluding hydrogens is 397 g/mol. The first-order valence-electron chi connectivity index (χ1n) is 7.70. The fraction of sp³-hybridized carbons (Fsp3) is 0.235. The molecule has 2 amide bonds. The SMILES string of the molecule is CNS(=O)(=O)c1ccc(C)c(NC(=O)NC(C)c2ccc(Cl)cc2Cl)c1. The van der Waals surface area contributed by atoms with Crippen LogP contribution in [0.2, 0.25) is 10.0 Å². The standard InChI is InChI=1S/C17H19Cl2N3O3S/c1-10-4-6-13(26(24,25)20-3)9-16(10)22-17(23)21-11(2)14-7-5-12(18)8-15(14)19/h4-9,11,20H,1-3H3,(H2,21,22,23). The van der Waals surface area contributed by atoms with Gasteiger partial charge >= 0.3 is 6.03 Å². The highest BCUT2D eigenvalue weighted by molar-refractivity contribution is 7.89. The van der Waals surface area contributed by atoms with E-state index in [9.17, 15) is 13.2 Å². The van der Waals surface area contributed by atoms with Crippen molar-refractivity contribution in [2.24, 2.45) is 0 Å². The van der Waals surface area contributed by atoms with E-state index in [4.69, 9.17) is 23.2 Å². The largest absolute Gasteiger partial charge is 0.331 e. The molecule has 2 aromatic rings. The smallest absolute Gasteiger partial charge is 0.319 e. The second kappa shape index (κ2) is 8.26. The van der Waals surface area contributed by atoms with Crippen LogP contribution in [0, 0.1) is 6.92 Å². The Hall–Kier alpha value is -1.80. The Labute approximate surface area is 162 Å². The van der Waals surface area contributed by atoms with Gasteiger partial charge in [0.1, 0.15) is 0 Å². The molecule has 1 unspecified atom stereocenters. The summed E-state index contributed by atoms with van der Waals surface area (Å²) in [5.41, 5.74) is 1.84. The molecule has 26 heavy (non-hydrogen) atoms. The molecule has 2 aromatic carbocycles. The van der Waals surface area contributed by atoms with Gasteiger partial charge in [0.15, 0.2) is 0 Å². The van der Waals surface area contributed by atoms with Gasteiger partial charge in [-0.25, -0.2) is 17.9 Å². The zero-order chi connectivity index (χ0) is 19.5. The van der Waals surface area contributed by atoms with E-state index >= 15 is 0 Å². The van der Waals surface area contributed by atoms with Crippen LogP contribution in [0.15, 0.2) is 41.3 Å². The van der Waals surface area contributed by atoms with Gasteiger partial charge in [0, 0.05) is 15.7 Å². The van der Waals surface area contributed by atoms with E-state index < -0.39 is 16.1 Å². The predicted molar refractivity (Wildman–Crippen MR) is 104 cm³/mol. The average molecular weight is 416 g/mol. The molecule has 2 rings (SSSR count). The van der Waals surface area contributed by atoms with Crippen molar-refractivity contribution in [1.29, 1.82) is 0 Å². The number of halogens is 2. The molecule has 0 aliphatic heterocycles. The zero-order valence-corrected chi connectivity index (χ0v) is 16.8. The Bertz CT molecular complexity index is 933. The third-order valence-electron chi connectivity index (χ3n) is 3.81. The average Bonchev–Trinajstić information content (AvgIpc) is 2.56. The van der Waals surface area contributed by atoms with Crippen molar-refractivity contribution in [3.8, 4) is 0 Å². The molecular formula is C17H19Cl2N3O3S. The lowest BCUT2D eigenvalue weighted by molar-refractivity contribution is 0.249. The van der Waals surface area contributed by atoms with Gasteiger partial charge in [-0.05, 0) is 56.3 Å². The summed E-state index contributed by atoms with van der Waals surface area (Å²) in [5, 5.41) is 6.38. The summed E-state index contributed by atoms with van der Waals surface area (Å²) in [7, 11) is -2.27. The van der Waals surface area contributed by atoms with E-state index in [-0.39, 0.29) is 10.9 Å². The number of carbonyl (C=O) groups excluding carboxylic acids is 1. The van der Waals surface area contributed by atoms with E-state index in [0.717, 1.165) is 11.1 Å². The van der Waals surface area contributed by atoms with Crippen molar-refractivity contribution >= 4 is 44.9 Å². The summed E-state index contributed by atoms with van der Waals surface area (Å²) in [4.78, 5) is 12.4. The Morgan fingerprint density at radius 2 is 1.81 bits per heavy atom. The minimum atomic E-state index is -3.60. The maximum Gasteiger partial charge on any atom is 0.319 e. The highest BCUT2D eigenvalue weighted by atomic mass is 35.5. The van der Waals surface area contributed by atoms with Crippen molar-refractivity contribution in [3.63, 3.8) is 0 Å². The number of nitrogens with one attached hydrogen (secondary N) is 3. The van der Waals surface area contributed by atoms with E-state index in [2.05, 4.69) is 15.4 Å². The molecule has 6 nitrogen and oxygen atoms in total. The lowest BCUT2D eigenvalue weighted by atomic mass is 10.1. The lowest BCUT2D eigenvalue weighted by Gasteiger charge is -2.17. The summed E-state index contributed by atoms with van der Waals surface area (Å²) >= 11 is 12.0. The second-order valence-electron chi connectivity index (χ2n) is 5.67. The molecule has 3 N–H and O–H groups in total. The third-order valence-corrected chi connectivity index (χ3v) is 5.79. The number of benzene rings is 2. The van der Waals surface area contributed by atoms with E-state index in [1.165, 1.54) is 19.2 Å². The quantitative estimate of drug-likeness (QED) is 0.686. The van der Waals surface area contributed by atoms with Crippen LogP contribution in [0.3, 0.4) is 0 Å². The van der Waals surface area contributed by atoms with Gasteiger partial charge < -0.3 is 10.6 Å². The van der Waals surface area contributed by atoms with Crippen LogP contribution < -0.4 is 15.4 Å². The maximum atomic E-state index is 12.3. The van der Waals surface area contributed by atoms with Crippen molar-refractivity contribution in [3.05, 3.63) is 57.6 Å². The van der Waals surface area contributed by atoms with Crippen molar-refractivity contribution < 1.29 is 13.2 Å². The molecule has 0 saturated carbocycles. The number of aryl methyl sites for hydroxylation is 1. The number of amides is 2. The van der Waals surface area contributed by atoms with E-state index in [1.807, 2.05) is 0 Å². The molecule has 0 fully saturated rings. The molecule has 0 aromatic heterocycles. The Morgan fingerprint density at radius 3 is 2.42 bits per heavy atom. The van der Waals surface area contributed by atoms with Crippen molar-refractivity contribution in [2.45, 2.75) is 24.8 Å². The molecule has 0 aliphatic carbocycles. The van der Waals surface area contributed by atoms with Crippen LogP contribution in [0.4, 0.5) is 10.5 Å². The summed E-state index contributed by atoms with van der Waals surface area (Å²) in [6.45, 7) is 3.55. The van der Waals surface area contributed by atoms with Crippen LogP contribution in [0.25, 0.3) is 0 Å². The van der Waals surface area contributed by atoms with Crippen LogP contribution in [-0.2, 0) is 10.0 Å². The van der Waals surface area contributed by atoms with Gasteiger partial charge in [-0.3, -0.25) is 0 Å². The lowest BCUT2D eigenvalue weighted by Crippen LogP contribution is -2.31. The number of urea groups is 1. The van der Waals surface area contributed by atoms with Crippen molar-refractivity contribution in [2.75, 3.05) is 12.4 Å². The fourth-order valence-electron chi connectivity index (χ4n) is 2.31. The molecule has 0 aliphatic rings. The Balaban J connectivity index is 2.16. The molecule has 0 radical (unpaired) electrons. The molecule has 0 heterocycles. The molecule has 9 heteroatoms. The summed E-state index contributed by atoms with van der Waals surface area (Å²) in [6, 6.07) is 8.68. The molecule has 0 bridgehead atoms.